The molecule has 0 bridgehead atoms. The molecule has 1 aromatic carbocycles. The van der Waals surface area contributed by atoms with Gasteiger partial charge in [0.25, 0.3) is 0 Å². The zero-order valence-electron chi connectivity index (χ0n) is 11.9. The zero-order chi connectivity index (χ0) is 14.8. The lowest BCUT2D eigenvalue weighted by atomic mass is 10.1. The first-order valence-corrected chi connectivity index (χ1v) is 7.80. The Bertz CT molecular complexity index is 628. The van der Waals surface area contributed by atoms with Gasteiger partial charge in [0.2, 0.25) is 0 Å². The van der Waals surface area contributed by atoms with Crippen LogP contribution < -0.4 is 5.32 Å². The lowest BCUT2D eigenvalue weighted by Gasteiger charge is -2.35. The molecule has 1 aliphatic heterocycles. The highest BCUT2D eigenvalue weighted by Crippen LogP contribution is 2.26. The maximum Gasteiger partial charge on any atom is 0.127 e. The summed E-state index contributed by atoms with van der Waals surface area (Å²) in [6.07, 6.45) is 3.80. The molecule has 6 heteroatoms. The number of nitrogens with zero attached hydrogens (tertiary/aromatic N) is 3. The van der Waals surface area contributed by atoms with Crippen molar-refractivity contribution in [1.82, 2.24) is 19.8 Å². The Kier molecular flexibility index (Phi) is 4.37. The van der Waals surface area contributed by atoms with Gasteiger partial charge < -0.3 is 9.88 Å². The number of hydrogen-bond donors (Lipinski definition) is 1. The molecule has 4 nitrogen and oxygen atoms in total. The molecule has 112 valence electrons. The highest BCUT2D eigenvalue weighted by atomic mass is 79.9. The minimum absolute atomic E-state index is 0.216. The molecule has 2 aromatic rings. The van der Waals surface area contributed by atoms with E-state index in [1.165, 1.54) is 12.1 Å². The monoisotopic (exact) mass is 352 g/mol. The van der Waals surface area contributed by atoms with Crippen LogP contribution in [0.2, 0.25) is 0 Å². The van der Waals surface area contributed by atoms with Crippen LogP contribution in [0.25, 0.3) is 0 Å². The van der Waals surface area contributed by atoms with Crippen LogP contribution in [0, 0.1) is 5.82 Å². The topological polar surface area (TPSA) is 33.1 Å². The fourth-order valence-corrected chi connectivity index (χ4v) is 3.23. The number of nitrogens with one attached hydrogen (secondary N) is 1. The molecule has 0 radical (unpaired) electrons. The van der Waals surface area contributed by atoms with E-state index in [2.05, 4.69) is 35.7 Å². The molecule has 0 spiro atoms. The van der Waals surface area contributed by atoms with Crippen molar-refractivity contribution in [2.24, 2.45) is 7.05 Å². The van der Waals surface area contributed by atoms with Gasteiger partial charge in [0.1, 0.15) is 11.6 Å². The first-order valence-electron chi connectivity index (χ1n) is 7.01. The molecule has 0 aliphatic carbocycles. The molecule has 1 aromatic heterocycles. The quantitative estimate of drug-likeness (QED) is 0.920. The average molecular weight is 353 g/mol. The minimum Gasteiger partial charge on any atom is -0.337 e. The second-order valence-corrected chi connectivity index (χ2v) is 6.18. The first-order chi connectivity index (χ1) is 10.1. The summed E-state index contributed by atoms with van der Waals surface area (Å²) >= 11 is 3.45. The van der Waals surface area contributed by atoms with Crippen molar-refractivity contribution in [2.75, 3.05) is 19.6 Å². The van der Waals surface area contributed by atoms with Crippen molar-refractivity contribution in [3.63, 3.8) is 0 Å². The number of halogens is 2. The highest BCUT2D eigenvalue weighted by molar-refractivity contribution is 9.10. The molecule has 1 saturated heterocycles. The fourth-order valence-electron chi connectivity index (χ4n) is 2.76. The number of piperazine rings is 1. The van der Waals surface area contributed by atoms with Crippen molar-refractivity contribution in [3.05, 3.63) is 52.3 Å². The SMILES string of the molecule is Cn1ccnc1C1CNCCN1Cc1ccc(F)cc1Br. The Hall–Kier alpha value is -1.24. The molecule has 1 aliphatic rings. The van der Waals surface area contributed by atoms with E-state index < -0.39 is 0 Å². The molecular formula is C15H18BrFN4. The van der Waals surface area contributed by atoms with Crippen molar-refractivity contribution >= 4 is 15.9 Å². The van der Waals surface area contributed by atoms with E-state index in [0.717, 1.165) is 42.0 Å². The van der Waals surface area contributed by atoms with Gasteiger partial charge in [-0.25, -0.2) is 9.37 Å². The second kappa shape index (κ2) is 6.25. The van der Waals surface area contributed by atoms with Crippen LogP contribution in [-0.2, 0) is 13.6 Å². The van der Waals surface area contributed by atoms with E-state index in [-0.39, 0.29) is 11.9 Å². The van der Waals surface area contributed by atoms with Crippen LogP contribution in [-0.4, -0.2) is 34.1 Å². The average Bonchev–Trinajstić information content (AvgIpc) is 2.89. The van der Waals surface area contributed by atoms with E-state index in [1.807, 2.05) is 25.5 Å². The Morgan fingerprint density at radius 3 is 3.05 bits per heavy atom. The Morgan fingerprint density at radius 1 is 1.48 bits per heavy atom. The first kappa shape index (κ1) is 14.7. The minimum atomic E-state index is -0.216. The summed E-state index contributed by atoms with van der Waals surface area (Å²) in [5.41, 5.74) is 1.09. The second-order valence-electron chi connectivity index (χ2n) is 5.32. The van der Waals surface area contributed by atoms with Gasteiger partial charge in [0, 0.05) is 50.1 Å². The van der Waals surface area contributed by atoms with Gasteiger partial charge >= 0.3 is 0 Å². The maximum atomic E-state index is 13.2. The lowest BCUT2D eigenvalue weighted by molar-refractivity contribution is 0.144. The summed E-state index contributed by atoms with van der Waals surface area (Å²) in [7, 11) is 2.02. The number of rotatable bonds is 3. The lowest BCUT2D eigenvalue weighted by Crippen LogP contribution is -2.46. The van der Waals surface area contributed by atoms with E-state index >= 15 is 0 Å². The molecular weight excluding hydrogens is 335 g/mol. The standard InChI is InChI=1S/C15H18BrFN4/c1-20-6-5-19-15(20)14-9-18-4-7-21(14)10-11-2-3-12(17)8-13(11)16/h2-3,5-6,8,14,18H,4,7,9-10H2,1H3. The van der Waals surface area contributed by atoms with Gasteiger partial charge in [-0.2, -0.15) is 0 Å². The van der Waals surface area contributed by atoms with Crippen LogP contribution in [0.5, 0.6) is 0 Å². The molecule has 2 heterocycles. The normalized spacial score (nSPS) is 19.9. The van der Waals surface area contributed by atoms with Crippen molar-refractivity contribution in [1.29, 1.82) is 0 Å². The Balaban J connectivity index is 1.83. The third-order valence-electron chi connectivity index (χ3n) is 3.90. The Morgan fingerprint density at radius 2 is 2.33 bits per heavy atom. The molecule has 1 unspecified atom stereocenters. The number of hydrogen-bond acceptors (Lipinski definition) is 3. The summed E-state index contributed by atoms with van der Waals surface area (Å²) in [5, 5.41) is 3.42. The molecule has 1 N–H and O–H groups in total. The molecule has 1 atom stereocenters. The predicted molar refractivity (Wildman–Crippen MR) is 83.3 cm³/mol. The third-order valence-corrected chi connectivity index (χ3v) is 4.64. The number of aryl methyl sites for hydroxylation is 1. The largest absolute Gasteiger partial charge is 0.337 e. The van der Waals surface area contributed by atoms with Crippen LogP contribution >= 0.6 is 15.9 Å². The summed E-state index contributed by atoms with van der Waals surface area (Å²) in [6.45, 7) is 3.56. The summed E-state index contributed by atoms with van der Waals surface area (Å²) in [5.74, 6) is 0.840. The predicted octanol–water partition coefficient (Wildman–Crippen LogP) is 2.47. The van der Waals surface area contributed by atoms with E-state index in [1.54, 1.807) is 0 Å². The van der Waals surface area contributed by atoms with Gasteiger partial charge in [-0.3, -0.25) is 4.90 Å². The van der Waals surface area contributed by atoms with Gasteiger partial charge in [-0.05, 0) is 17.7 Å². The maximum absolute atomic E-state index is 13.2. The van der Waals surface area contributed by atoms with Crippen LogP contribution in [0.4, 0.5) is 4.39 Å². The number of aromatic nitrogens is 2. The van der Waals surface area contributed by atoms with E-state index in [4.69, 9.17) is 0 Å². The number of imidazole rings is 1. The van der Waals surface area contributed by atoms with Crippen molar-refractivity contribution in [2.45, 2.75) is 12.6 Å². The van der Waals surface area contributed by atoms with Crippen LogP contribution in [0.15, 0.2) is 35.1 Å². The fraction of sp³-hybridized carbons (Fsp3) is 0.400. The molecule has 21 heavy (non-hydrogen) atoms. The summed E-state index contributed by atoms with van der Waals surface area (Å²) in [6, 6.07) is 5.11. The van der Waals surface area contributed by atoms with Gasteiger partial charge in [-0.15, -0.1) is 0 Å². The van der Waals surface area contributed by atoms with Crippen molar-refractivity contribution < 1.29 is 4.39 Å². The van der Waals surface area contributed by atoms with E-state index in [9.17, 15) is 4.39 Å². The molecule has 0 amide bonds. The van der Waals surface area contributed by atoms with Gasteiger partial charge in [-0.1, -0.05) is 22.0 Å². The smallest absolute Gasteiger partial charge is 0.127 e. The van der Waals surface area contributed by atoms with Crippen LogP contribution in [0.3, 0.4) is 0 Å². The van der Waals surface area contributed by atoms with Crippen molar-refractivity contribution in [3.8, 4) is 0 Å². The Labute approximate surface area is 132 Å². The van der Waals surface area contributed by atoms with Crippen LogP contribution in [0.1, 0.15) is 17.4 Å². The molecule has 1 fully saturated rings. The summed E-state index contributed by atoms with van der Waals surface area (Å²) in [4.78, 5) is 6.86. The summed E-state index contributed by atoms with van der Waals surface area (Å²) < 4.78 is 16.1. The third kappa shape index (κ3) is 3.17. The van der Waals surface area contributed by atoms with Gasteiger partial charge in [0.05, 0.1) is 6.04 Å². The zero-order valence-corrected chi connectivity index (χ0v) is 13.5. The molecule has 0 saturated carbocycles. The number of benzene rings is 1. The molecule has 3 rings (SSSR count). The van der Waals surface area contributed by atoms with Gasteiger partial charge in [0.15, 0.2) is 0 Å². The van der Waals surface area contributed by atoms with E-state index in [0.29, 0.717) is 0 Å². The highest BCUT2D eigenvalue weighted by Gasteiger charge is 2.27.